The minimum Gasteiger partial charge on any atom is -0.307 e. The van der Waals surface area contributed by atoms with Crippen molar-refractivity contribution in [2.24, 2.45) is 0 Å². The average molecular weight is 300 g/mol. The average Bonchev–Trinajstić information content (AvgIpc) is 2.49. The summed E-state index contributed by atoms with van der Waals surface area (Å²) in [6.07, 6.45) is 0.262. The summed E-state index contributed by atoms with van der Waals surface area (Å²) in [5.74, 6) is 0. The zero-order chi connectivity index (χ0) is 15.1. The van der Waals surface area contributed by atoms with Gasteiger partial charge in [-0.25, -0.2) is 4.79 Å². The van der Waals surface area contributed by atoms with Crippen LogP contribution in [-0.2, 0) is 0 Å². The zero-order valence-electron chi connectivity index (χ0n) is 11.3. The lowest BCUT2D eigenvalue weighted by molar-refractivity contribution is 0.257. The monoisotopic (exact) mass is 299 g/mol. The van der Waals surface area contributed by atoms with Crippen molar-refractivity contribution in [3.05, 3.63) is 59.6 Å². The molecule has 0 saturated heterocycles. The van der Waals surface area contributed by atoms with Gasteiger partial charge in [0.05, 0.1) is 12.5 Å². The van der Waals surface area contributed by atoms with Crippen molar-refractivity contribution in [3.8, 4) is 6.07 Å². The maximum Gasteiger partial charge on any atom is 0.326 e. The molecule has 2 rings (SSSR count). The second-order valence-corrected chi connectivity index (χ2v) is 4.77. The van der Waals surface area contributed by atoms with E-state index in [9.17, 15) is 4.79 Å². The lowest BCUT2D eigenvalue weighted by Crippen LogP contribution is -2.35. The first-order chi connectivity index (χ1) is 10.2. The molecule has 0 aromatic heterocycles. The van der Waals surface area contributed by atoms with Gasteiger partial charge in [-0.3, -0.25) is 4.90 Å². The Morgan fingerprint density at radius 1 is 1.19 bits per heavy atom. The molecule has 2 aromatic rings. The van der Waals surface area contributed by atoms with E-state index in [0.717, 1.165) is 5.69 Å². The zero-order valence-corrected chi connectivity index (χ0v) is 12.0. The molecular formula is C16H14ClN3O. The molecule has 0 aliphatic rings. The first-order valence-electron chi connectivity index (χ1n) is 6.47. The molecule has 0 aliphatic heterocycles. The van der Waals surface area contributed by atoms with E-state index in [1.165, 1.54) is 4.90 Å². The number of rotatable bonds is 4. The Hall–Kier alpha value is -2.51. The molecule has 2 aromatic carbocycles. The van der Waals surface area contributed by atoms with Gasteiger partial charge in [0.25, 0.3) is 0 Å². The van der Waals surface area contributed by atoms with Gasteiger partial charge in [-0.2, -0.15) is 5.26 Å². The standard InChI is InChI=1S/C16H14ClN3O/c17-13-6-4-7-14(12-13)19-16(21)20(11-5-10-18)15-8-2-1-3-9-15/h1-4,6-9,12H,5,11H2,(H,19,21). The molecule has 0 bridgehead atoms. The van der Waals surface area contributed by atoms with Gasteiger partial charge < -0.3 is 5.32 Å². The topological polar surface area (TPSA) is 56.1 Å². The number of amides is 2. The van der Waals surface area contributed by atoms with Crippen LogP contribution in [0.5, 0.6) is 0 Å². The van der Waals surface area contributed by atoms with Crippen LogP contribution >= 0.6 is 11.6 Å². The van der Waals surface area contributed by atoms with Crippen molar-refractivity contribution in [1.29, 1.82) is 5.26 Å². The van der Waals surface area contributed by atoms with Crippen LogP contribution in [0.4, 0.5) is 16.2 Å². The van der Waals surface area contributed by atoms with E-state index < -0.39 is 0 Å². The van der Waals surface area contributed by atoms with Crippen molar-refractivity contribution in [1.82, 2.24) is 0 Å². The van der Waals surface area contributed by atoms with Crippen LogP contribution in [0.2, 0.25) is 5.02 Å². The maximum absolute atomic E-state index is 12.4. The summed E-state index contributed by atoms with van der Waals surface area (Å²) in [7, 11) is 0. The van der Waals surface area contributed by atoms with Gasteiger partial charge in [-0.05, 0) is 30.3 Å². The van der Waals surface area contributed by atoms with Crippen molar-refractivity contribution < 1.29 is 4.79 Å². The van der Waals surface area contributed by atoms with Gasteiger partial charge in [-0.1, -0.05) is 35.9 Å². The number of nitrogens with zero attached hydrogens (tertiary/aromatic N) is 2. The smallest absolute Gasteiger partial charge is 0.307 e. The molecule has 1 N–H and O–H groups in total. The molecule has 0 aliphatic carbocycles. The molecule has 4 nitrogen and oxygen atoms in total. The van der Waals surface area contributed by atoms with Gasteiger partial charge in [0.2, 0.25) is 0 Å². The lowest BCUT2D eigenvalue weighted by atomic mass is 10.2. The lowest BCUT2D eigenvalue weighted by Gasteiger charge is -2.22. The molecule has 0 heterocycles. The summed E-state index contributed by atoms with van der Waals surface area (Å²) in [5.41, 5.74) is 1.36. The van der Waals surface area contributed by atoms with E-state index in [0.29, 0.717) is 17.3 Å². The van der Waals surface area contributed by atoms with Gasteiger partial charge in [-0.15, -0.1) is 0 Å². The molecule has 2 amide bonds. The van der Waals surface area contributed by atoms with Crippen LogP contribution in [-0.4, -0.2) is 12.6 Å². The van der Waals surface area contributed by atoms with Crippen LogP contribution in [0.15, 0.2) is 54.6 Å². The highest BCUT2D eigenvalue weighted by atomic mass is 35.5. The summed E-state index contributed by atoms with van der Waals surface area (Å²) in [6, 6.07) is 17.9. The normalized spacial score (nSPS) is 9.71. The number of halogens is 1. The molecule has 0 radical (unpaired) electrons. The number of carbonyl (C=O) groups excluding carboxylic acids is 1. The first-order valence-corrected chi connectivity index (χ1v) is 6.84. The fourth-order valence-corrected chi connectivity index (χ4v) is 2.07. The highest BCUT2D eigenvalue weighted by Gasteiger charge is 2.15. The number of hydrogen-bond donors (Lipinski definition) is 1. The number of hydrogen-bond acceptors (Lipinski definition) is 2. The number of carbonyl (C=O) groups is 1. The van der Waals surface area contributed by atoms with E-state index in [4.69, 9.17) is 16.9 Å². The Bertz CT molecular complexity index is 652. The van der Waals surface area contributed by atoms with Crippen molar-refractivity contribution in [2.45, 2.75) is 6.42 Å². The Morgan fingerprint density at radius 3 is 2.62 bits per heavy atom. The van der Waals surface area contributed by atoms with Gasteiger partial charge >= 0.3 is 6.03 Å². The molecule has 106 valence electrons. The Morgan fingerprint density at radius 2 is 1.95 bits per heavy atom. The fraction of sp³-hybridized carbons (Fsp3) is 0.125. The van der Waals surface area contributed by atoms with Crippen molar-refractivity contribution in [3.63, 3.8) is 0 Å². The van der Waals surface area contributed by atoms with Crippen LogP contribution < -0.4 is 10.2 Å². The van der Waals surface area contributed by atoms with Crippen LogP contribution in [0.1, 0.15) is 6.42 Å². The molecule has 0 fully saturated rings. The number of urea groups is 1. The van der Waals surface area contributed by atoms with E-state index in [-0.39, 0.29) is 12.5 Å². The SMILES string of the molecule is N#CCCN(C(=O)Nc1cccc(Cl)c1)c1ccccc1. The molecule has 0 spiro atoms. The second kappa shape index (κ2) is 7.32. The van der Waals surface area contributed by atoms with E-state index in [1.54, 1.807) is 24.3 Å². The molecular weight excluding hydrogens is 286 g/mol. The highest BCUT2D eigenvalue weighted by Crippen LogP contribution is 2.18. The number of anilines is 2. The summed E-state index contributed by atoms with van der Waals surface area (Å²) < 4.78 is 0. The van der Waals surface area contributed by atoms with E-state index in [1.807, 2.05) is 30.3 Å². The summed E-state index contributed by atoms with van der Waals surface area (Å²) in [5, 5.41) is 12.1. The predicted octanol–water partition coefficient (Wildman–Crippen LogP) is 4.29. The van der Waals surface area contributed by atoms with Gasteiger partial charge in [0, 0.05) is 22.9 Å². The molecule has 5 heteroatoms. The van der Waals surface area contributed by atoms with Crippen LogP contribution in [0, 0.1) is 11.3 Å². The fourth-order valence-electron chi connectivity index (χ4n) is 1.87. The molecule has 0 saturated carbocycles. The molecule has 21 heavy (non-hydrogen) atoms. The number of para-hydroxylation sites is 1. The van der Waals surface area contributed by atoms with E-state index >= 15 is 0 Å². The van der Waals surface area contributed by atoms with Gasteiger partial charge in [0.15, 0.2) is 0 Å². The Kier molecular flexibility index (Phi) is 5.19. The van der Waals surface area contributed by atoms with Crippen molar-refractivity contribution in [2.75, 3.05) is 16.8 Å². The number of nitriles is 1. The van der Waals surface area contributed by atoms with Crippen LogP contribution in [0.3, 0.4) is 0 Å². The number of benzene rings is 2. The van der Waals surface area contributed by atoms with Gasteiger partial charge in [0.1, 0.15) is 0 Å². The summed E-state index contributed by atoms with van der Waals surface area (Å²) in [6.45, 7) is 0.326. The summed E-state index contributed by atoms with van der Waals surface area (Å²) >= 11 is 5.90. The minimum atomic E-state index is -0.293. The number of nitrogens with one attached hydrogen (secondary N) is 1. The largest absolute Gasteiger partial charge is 0.326 e. The third-order valence-electron chi connectivity index (χ3n) is 2.84. The third kappa shape index (κ3) is 4.23. The van der Waals surface area contributed by atoms with E-state index in [2.05, 4.69) is 11.4 Å². The van der Waals surface area contributed by atoms with Crippen LogP contribution in [0.25, 0.3) is 0 Å². The Labute approximate surface area is 128 Å². The third-order valence-corrected chi connectivity index (χ3v) is 3.07. The molecule has 0 unspecified atom stereocenters. The Balaban J connectivity index is 2.17. The summed E-state index contributed by atoms with van der Waals surface area (Å²) in [4.78, 5) is 13.9. The van der Waals surface area contributed by atoms with Crippen molar-refractivity contribution >= 4 is 29.0 Å². The second-order valence-electron chi connectivity index (χ2n) is 4.34. The quantitative estimate of drug-likeness (QED) is 0.915. The highest BCUT2D eigenvalue weighted by molar-refractivity contribution is 6.30. The first kappa shape index (κ1) is 14.9. The molecule has 0 atom stereocenters. The predicted molar refractivity (Wildman–Crippen MR) is 84.5 cm³/mol. The maximum atomic E-state index is 12.4. The minimum absolute atomic E-state index is 0.262.